The summed E-state index contributed by atoms with van der Waals surface area (Å²) < 4.78 is 26.5. The van der Waals surface area contributed by atoms with Gasteiger partial charge in [0, 0.05) is 32.7 Å². The molecule has 2 heterocycles. The van der Waals surface area contributed by atoms with Crippen LogP contribution in [0.4, 0.5) is 0 Å². The van der Waals surface area contributed by atoms with Gasteiger partial charge in [0.15, 0.2) is 0 Å². The van der Waals surface area contributed by atoms with Gasteiger partial charge in [-0.25, -0.2) is 8.42 Å². The van der Waals surface area contributed by atoms with Crippen molar-refractivity contribution in [1.29, 1.82) is 0 Å². The van der Waals surface area contributed by atoms with E-state index in [0.29, 0.717) is 26.2 Å². The minimum Gasteiger partial charge on any atom is -0.340 e. The molecule has 0 radical (unpaired) electrons. The number of sulfonamides is 1. The highest BCUT2D eigenvalue weighted by Crippen LogP contribution is 2.17. The van der Waals surface area contributed by atoms with E-state index in [1.54, 1.807) is 0 Å². The Morgan fingerprint density at radius 2 is 1.79 bits per heavy atom. The number of carbonyl (C=O) groups excluding carboxylic acids is 1. The topological polar surface area (TPSA) is 69.7 Å². The third-order valence-corrected chi connectivity index (χ3v) is 6.40. The lowest BCUT2D eigenvalue weighted by Gasteiger charge is -2.35. The van der Waals surface area contributed by atoms with Crippen LogP contribution in [-0.2, 0) is 20.6 Å². The van der Waals surface area contributed by atoms with Crippen molar-refractivity contribution >= 4 is 28.3 Å². The van der Waals surface area contributed by atoms with E-state index in [0.717, 1.165) is 25.1 Å². The first-order valence-electron chi connectivity index (χ1n) is 8.07. The fourth-order valence-corrected chi connectivity index (χ4v) is 4.70. The number of nitrogens with zero attached hydrogens (tertiary/aromatic N) is 2. The van der Waals surface area contributed by atoms with Crippen LogP contribution in [0.15, 0.2) is 30.3 Å². The predicted molar refractivity (Wildman–Crippen MR) is 95.4 cm³/mol. The molecule has 134 valence electrons. The maximum atomic E-state index is 12.5. The van der Waals surface area contributed by atoms with Crippen molar-refractivity contribution in [2.45, 2.75) is 12.2 Å². The maximum Gasteiger partial charge on any atom is 0.227 e. The van der Waals surface area contributed by atoms with Crippen molar-refractivity contribution in [2.24, 2.45) is 5.92 Å². The number of rotatable bonds is 4. The molecule has 1 N–H and O–H groups in total. The second-order valence-electron chi connectivity index (χ2n) is 6.16. The molecule has 1 unspecified atom stereocenters. The van der Waals surface area contributed by atoms with Gasteiger partial charge in [-0.15, -0.1) is 12.4 Å². The summed E-state index contributed by atoms with van der Waals surface area (Å²) in [5, 5.41) is 3.20. The minimum absolute atomic E-state index is 0. The van der Waals surface area contributed by atoms with E-state index >= 15 is 0 Å². The smallest absolute Gasteiger partial charge is 0.227 e. The molecule has 3 rings (SSSR count). The highest BCUT2D eigenvalue weighted by Gasteiger charge is 2.32. The number of piperazine rings is 1. The van der Waals surface area contributed by atoms with Crippen LogP contribution in [0.3, 0.4) is 0 Å². The van der Waals surface area contributed by atoms with Crippen LogP contribution in [0.5, 0.6) is 0 Å². The minimum atomic E-state index is -3.32. The number of hydrogen-bond donors (Lipinski definition) is 1. The summed E-state index contributed by atoms with van der Waals surface area (Å²) in [6.07, 6.45) is 0.880. The molecule has 2 saturated heterocycles. The summed E-state index contributed by atoms with van der Waals surface area (Å²) in [5.41, 5.74) is 0.794. The molecular weight excluding hydrogens is 350 g/mol. The zero-order valence-corrected chi connectivity index (χ0v) is 15.2. The lowest BCUT2D eigenvalue weighted by molar-refractivity contribution is -0.136. The molecule has 1 atom stereocenters. The lowest BCUT2D eigenvalue weighted by Crippen LogP contribution is -2.52. The first-order chi connectivity index (χ1) is 11.1. The Balaban J connectivity index is 0.00000208. The zero-order valence-electron chi connectivity index (χ0n) is 13.6. The zero-order chi connectivity index (χ0) is 16.3. The van der Waals surface area contributed by atoms with Crippen LogP contribution in [0.1, 0.15) is 12.0 Å². The highest BCUT2D eigenvalue weighted by molar-refractivity contribution is 7.88. The van der Waals surface area contributed by atoms with Crippen LogP contribution >= 0.6 is 12.4 Å². The fraction of sp³-hybridized carbons (Fsp3) is 0.562. The van der Waals surface area contributed by atoms with Crippen molar-refractivity contribution in [1.82, 2.24) is 14.5 Å². The number of amides is 1. The summed E-state index contributed by atoms with van der Waals surface area (Å²) in [4.78, 5) is 14.2. The Labute approximate surface area is 149 Å². The predicted octanol–water partition coefficient (Wildman–Crippen LogP) is 0.692. The quantitative estimate of drug-likeness (QED) is 0.843. The van der Waals surface area contributed by atoms with E-state index in [2.05, 4.69) is 5.32 Å². The molecule has 0 saturated carbocycles. The van der Waals surface area contributed by atoms with Crippen molar-refractivity contribution in [3.05, 3.63) is 35.9 Å². The van der Waals surface area contributed by atoms with E-state index in [1.807, 2.05) is 35.2 Å². The van der Waals surface area contributed by atoms with Crippen LogP contribution in [-0.4, -0.2) is 62.8 Å². The number of nitrogens with one attached hydrogen (secondary N) is 1. The molecule has 2 aliphatic rings. The fourth-order valence-electron chi connectivity index (χ4n) is 3.19. The Morgan fingerprint density at radius 1 is 1.12 bits per heavy atom. The van der Waals surface area contributed by atoms with Gasteiger partial charge in [0.05, 0.1) is 11.7 Å². The van der Waals surface area contributed by atoms with Gasteiger partial charge in [-0.05, 0) is 18.5 Å². The molecule has 0 bridgehead atoms. The van der Waals surface area contributed by atoms with Crippen LogP contribution in [0.2, 0.25) is 0 Å². The molecule has 2 aliphatic heterocycles. The molecule has 8 heteroatoms. The second-order valence-corrected chi connectivity index (χ2v) is 8.12. The average molecular weight is 374 g/mol. The number of hydrogen-bond acceptors (Lipinski definition) is 4. The Morgan fingerprint density at radius 3 is 2.38 bits per heavy atom. The van der Waals surface area contributed by atoms with Gasteiger partial charge in [-0.2, -0.15) is 4.31 Å². The summed E-state index contributed by atoms with van der Waals surface area (Å²) in [7, 11) is -3.32. The average Bonchev–Trinajstić information content (AvgIpc) is 3.09. The summed E-state index contributed by atoms with van der Waals surface area (Å²) in [6, 6.07) is 9.21. The van der Waals surface area contributed by atoms with E-state index in [4.69, 9.17) is 0 Å². The summed E-state index contributed by atoms with van der Waals surface area (Å²) in [5.74, 6) is 0.242. The van der Waals surface area contributed by atoms with E-state index in [-0.39, 0.29) is 30.0 Å². The molecule has 0 aliphatic carbocycles. The maximum absolute atomic E-state index is 12.5. The number of halogens is 1. The molecule has 1 aromatic carbocycles. The molecular formula is C16H24ClN3O3S. The molecule has 1 amide bonds. The Kier molecular flexibility index (Phi) is 6.62. The van der Waals surface area contributed by atoms with Gasteiger partial charge in [-0.3, -0.25) is 4.79 Å². The first kappa shape index (κ1) is 19.2. The number of carbonyl (C=O) groups is 1. The van der Waals surface area contributed by atoms with Crippen LogP contribution < -0.4 is 5.32 Å². The third-order valence-electron chi connectivity index (χ3n) is 4.55. The normalized spacial score (nSPS) is 22.2. The molecule has 2 fully saturated rings. The van der Waals surface area contributed by atoms with E-state index < -0.39 is 10.0 Å². The van der Waals surface area contributed by atoms with Gasteiger partial charge in [0.2, 0.25) is 15.9 Å². The van der Waals surface area contributed by atoms with Gasteiger partial charge >= 0.3 is 0 Å². The van der Waals surface area contributed by atoms with Gasteiger partial charge in [0.1, 0.15) is 0 Å². The van der Waals surface area contributed by atoms with Crippen molar-refractivity contribution in [3.63, 3.8) is 0 Å². The van der Waals surface area contributed by atoms with Gasteiger partial charge < -0.3 is 10.2 Å². The van der Waals surface area contributed by atoms with E-state index in [1.165, 1.54) is 4.31 Å². The molecule has 1 aromatic rings. The van der Waals surface area contributed by atoms with Crippen molar-refractivity contribution < 1.29 is 13.2 Å². The largest absolute Gasteiger partial charge is 0.340 e. The lowest BCUT2D eigenvalue weighted by atomic mass is 10.1. The molecule has 24 heavy (non-hydrogen) atoms. The number of benzene rings is 1. The monoisotopic (exact) mass is 373 g/mol. The Hall–Kier alpha value is -1.15. The second kappa shape index (κ2) is 8.29. The third kappa shape index (κ3) is 4.47. The standard InChI is InChI=1S/C16H23N3O3S.ClH/c20-16(15-6-7-17-12-15)18-8-10-19(11-9-18)23(21,22)13-14-4-2-1-3-5-14;/h1-5,15,17H,6-13H2;1H. The SMILES string of the molecule is Cl.O=C(C1CCNC1)N1CCN(S(=O)(=O)Cc2ccccc2)CC1. The molecule has 0 spiro atoms. The summed E-state index contributed by atoms with van der Waals surface area (Å²) >= 11 is 0. The van der Waals surface area contributed by atoms with Crippen molar-refractivity contribution in [2.75, 3.05) is 39.3 Å². The highest BCUT2D eigenvalue weighted by atomic mass is 35.5. The van der Waals surface area contributed by atoms with Gasteiger partial charge in [-0.1, -0.05) is 30.3 Å². The first-order valence-corrected chi connectivity index (χ1v) is 9.68. The van der Waals surface area contributed by atoms with E-state index in [9.17, 15) is 13.2 Å². The van der Waals surface area contributed by atoms with Crippen LogP contribution in [0.25, 0.3) is 0 Å². The molecule has 6 nitrogen and oxygen atoms in total. The summed E-state index contributed by atoms with van der Waals surface area (Å²) in [6.45, 7) is 3.39. The van der Waals surface area contributed by atoms with Gasteiger partial charge in [0.25, 0.3) is 0 Å². The molecule has 0 aromatic heterocycles. The Bertz CT molecular complexity index is 640. The van der Waals surface area contributed by atoms with Crippen molar-refractivity contribution in [3.8, 4) is 0 Å². The van der Waals surface area contributed by atoms with Crippen LogP contribution in [0, 0.1) is 5.92 Å².